The van der Waals surface area contributed by atoms with E-state index in [2.05, 4.69) is 39.6 Å². The van der Waals surface area contributed by atoms with Crippen molar-refractivity contribution in [3.8, 4) is 0 Å². The van der Waals surface area contributed by atoms with Crippen LogP contribution in [0.2, 0.25) is 0 Å². The predicted octanol–water partition coefficient (Wildman–Crippen LogP) is 3.45. The molecule has 0 aliphatic carbocycles. The van der Waals surface area contributed by atoms with E-state index in [-0.39, 0.29) is 0 Å². The van der Waals surface area contributed by atoms with Crippen LogP contribution in [0, 0.1) is 6.07 Å². The Morgan fingerprint density at radius 2 is 2.09 bits per heavy atom. The molecule has 56 valence electrons. The quantitative estimate of drug-likeness (QED) is 0.538. The van der Waals surface area contributed by atoms with E-state index in [9.17, 15) is 0 Å². The van der Waals surface area contributed by atoms with E-state index in [4.69, 9.17) is 0 Å². The second kappa shape index (κ2) is 7.00. The molecule has 0 aliphatic rings. The Labute approximate surface area is 85.4 Å². The molecule has 0 amide bonds. The summed E-state index contributed by atoms with van der Waals surface area (Å²) in [4.78, 5) is 0. The topological polar surface area (TPSA) is 0 Å². The maximum atomic E-state index is 3.06. The summed E-state index contributed by atoms with van der Waals surface area (Å²) >= 11 is 4.25. The Morgan fingerprint density at radius 3 is 2.36 bits per heavy atom. The molecular formula is C9H11BrZn. The predicted molar refractivity (Wildman–Crippen MR) is 48.3 cm³/mol. The fourth-order valence-electron chi connectivity index (χ4n) is 0.766. The second-order valence-corrected chi connectivity index (χ2v) is 2.49. The number of rotatable bonds is 1. The molecular weight excluding hydrogens is 253 g/mol. The molecule has 0 spiro atoms. The molecule has 0 atom stereocenters. The molecule has 0 bridgehead atoms. The monoisotopic (exact) mass is 262 g/mol. The van der Waals surface area contributed by atoms with Crippen LogP contribution >= 0.6 is 13.6 Å². The average molecular weight is 264 g/mol. The molecule has 0 aromatic heterocycles. The third kappa shape index (κ3) is 4.71. The van der Waals surface area contributed by atoms with Gasteiger partial charge in [-0.1, -0.05) is 19.8 Å². The summed E-state index contributed by atoms with van der Waals surface area (Å²) in [7, 11) is 0. The SMILES string of the molecule is CC(C)c1c[c-]ccc1.[Zn+][Br]. The first-order chi connectivity index (χ1) is 5.30. The van der Waals surface area contributed by atoms with Gasteiger partial charge >= 0.3 is 30.0 Å². The number of halogens is 1. The summed E-state index contributed by atoms with van der Waals surface area (Å²) < 4.78 is 0. The zero-order valence-electron chi connectivity index (χ0n) is 6.97. The number of hydrogen-bond donors (Lipinski definition) is 0. The Bertz CT molecular complexity index is 172. The van der Waals surface area contributed by atoms with Gasteiger partial charge in [-0.3, -0.25) is 0 Å². The van der Waals surface area contributed by atoms with Gasteiger partial charge in [-0.15, -0.1) is 0 Å². The minimum absolute atomic E-state index is 0.627. The van der Waals surface area contributed by atoms with Crippen LogP contribution in [0.5, 0.6) is 0 Å². The van der Waals surface area contributed by atoms with E-state index in [1.807, 2.05) is 18.2 Å². The molecule has 0 heterocycles. The molecule has 0 unspecified atom stereocenters. The summed E-state index contributed by atoms with van der Waals surface area (Å²) in [6.45, 7) is 4.37. The molecule has 2 heteroatoms. The third-order valence-corrected chi connectivity index (χ3v) is 1.40. The van der Waals surface area contributed by atoms with Gasteiger partial charge in [0, 0.05) is 0 Å². The van der Waals surface area contributed by atoms with Crippen molar-refractivity contribution in [2.75, 3.05) is 0 Å². The van der Waals surface area contributed by atoms with Crippen LogP contribution in [0.4, 0.5) is 0 Å². The molecule has 0 N–H and O–H groups in total. The molecule has 0 nitrogen and oxygen atoms in total. The Morgan fingerprint density at radius 1 is 1.45 bits per heavy atom. The first-order valence-corrected chi connectivity index (χ1v) is 10.5. The van der Waals surface area contributed by atoms with Crippen LogP contribution in [0.25, 0.3) is 0 Å². The second-order valence-electron chi connectivity index (χ2n) is 2.49. The molecule has 1 rings (SSSR count). The van der Waals surface area contributed by atoms with E-state index < -0.39 is 0 Å². The van der Waals surface area contributed by atoms with Crippen molar-refractivity contribution in [3.05, 3.63) is 35.9 Å². The molecule has 1 aromatic carbocycles. The normalized spacial score (nSPS) is 8.91. The molecule has 0 saturated carbocycles. The van der Waals surface area contributed by atoms with Crippen LogP contribution in [-0.4, -0.2) is 0 Å². The number of hydrogen-bond acceptors (Lipinski definition) is 0. The molecule has 0 saturated heterocycles. The van der Waals surface area contributed by atoms with Gasteiger partial charge in [0.2, 0.25) is 0 Å². The summed E-state index contributed by atoms with van der Waals surface area (Å²) in [6, 6.07) is 11.1. The Kier molecular flexibility index (Phi) is 7.20. The van der Waals surface area contributed by atoms with Gasteiger partial charge in [0.25, 0.3) is 0 Å². The van der Waals surface area contributed by atoms with Crippen molar-refractivity contribution < 1.29 is 16.3 Å². The zero-order chi connectivity index (χ0) is 8.69. The minimum atomic E-state index is 0.627. The van der Waals surface area contributed by atoms with Gasteiger partial charge in [-0.05, 0) is 0 Å². The van der Waals surface area contributed by atoms with Crippen LogP contribution < -0.4 is 0 Å². The maximum absolute atomic E-state index is 3.06. The van der Waals surface area contributed by atoms with Crippen molar-refractivity contribution in [3.63, 3.8) is 0 Å². The third-order valence-electron chi connectivity index (χ3n) is 1.40. The van der Waals surface area contributed by atoms with Gasteiger partial charge in [-0.2, -0.15) is 35.9 Å². The fourth-order valence-corrected chi connectivity index (χ4v) is 0.766. The van der Waals surface area contributed by atoms with Crippen molar-refractivity contribution in [1.29, 1.82) is 0 Å². The average Bonchev–Trinajstić information content (AvgIpc) is 2.10. The summed E-state index contributed by atoms with van der Waals surface area (Å²) in [6.07, 6.45) is 0. The van der Waals surface area contributed by atoms with Crippen molar-refractivity contribution in [2.45, 2.75) is 19.8 Å². The van der Waals surface area contributed by atoms with Gasteiger partial charge in [0.1, 0.15) is 0 Å². The van der Waals surface area contributed by atoms with Crippen LogP contribution in [0.1, 0.15) is 25.3 Å². The Balaban J connectivity index is 0.000000461. The van der Waals surface area contributed by atoms with E-state index in [0.29, 0.717) is 5.92 Å². The molecule has 0 fully saturated rings. The zero-order valence-corrected chi connectivity index (χ0v) is 11.5. The first-order valence-electron chi connectivity index (χ1n) is 3.53. The van der Waals surface area contributed by atoms with E-state index >= 15 is 0 Å². The summed E-state index contributed by atoms with van der Waals surface area (Å²) in [5, 5.41) is 0. The number of benzene rings is 1. The van der Waals surface area contributed by atoms with Gasteiger partial charge in [0.15, 0.2) is 0 Å². The molecule has 11 heavy (non-hydrogen) atoms. The van der Waals surface area contributed by atoms with E-state index in [1.165, 1.54) is 21.9 Å². The van der Waals surface area contributed by atoms with Gasteiger partial charge in [0.05, 0.1) is 0 Å². The van der Waals surface area contributed by atoms with Crippen LogP contribution in [0.15, 0.2) is 24.3 Å². The Hall–Kier alpha value is 0.323. The van der Waals surface area contributed by atoms with Gasteiger partial charge < -0.3 is 0 Å². The first kappa shape index (κ1) is 11.3. The summed E-state index contributed by atoms with van der Waals surface area (Å²) in [5.41, 5.74) is 1.36. The van der Waals surface area contributed by atoms with Crippen LogP contribution in [0.3, 0.4) is 0 Å². The van der Waals surface area contributed by atoms with Gasteiger partial charge in [-0.25, -0.2) is 0 Å². The fraction of sp³-hybridized carbons (Fsp3) is 0.333. The summed E-state index contributed by atoms with van der Waals surface area (Å²) in [5.74, 6) is 0.627. The van der Waals surface area contributed by atoms with Crippen LogP contribution in [-0.2, 0) is 16.3 Å². The van der Waals surface area contributed by atoms with E-state index in [1.54, 1.807) is 0 Å². The van der Waals surface area contributed by atoms with Crippen molar-refractivity contribution in [2.24, 2.45) is 0 Å². The standard InChI is InChI=1S/C9H11.BrH.Zn/c1-8(2)9-6-4-3-5-7-9;;/h3-4,6-8H,1-2H3;1H;/q-1;;+2/p-1. The molecule has 1 aromatic rings. The van der Waals surface area contributed by atoms with Crippen molar-refractivity contribution >= 4 is 13.6 Å². The molecule has 0 radical (unpaired) electrons. The molecule has 0 aliphatic heterocycles. The van der Waals surface area contributed by atoms with Crippen molar-refractivity contribution in [1.82, 2.24) is 0 Å². The van der Waals surface area contributed by atoms with E-state index in [0.717, 1.165) is 0 Å².